The van der Waals surface area contributed by atoms with Gasteiger partial charge >= 0.3 is 0 Å². The number of hydrogen-bond acceptors (Lipinski definition) is 4. The molecule has 2 aromatic rings. The van der Waals surface area contributed by atoms with Gasteiger partial charge in [-0.2, -0.15) is 0 Å². The molecule has 0 atom stereocenters. The molecule has 0 aliphatic rings. The number of phenols is 3. The van der Waals surface area contributed by atoms with Crippen LogP contribution < -0.4 is 0 Å². The van der Waals surface area contributed by atoms with Crippen LogP contribution in [0.2, 0.25) is 0 Å². The fourth-order valence-corrected chi connectivity index (χ4v) is 1.35. The minimum atomic E-state index is -0.538. The summed E-state index contributed by atoms with van der Waals surface area (Å²) in [4.78, 5) is 4.08. The molecule has 86 valence electrons. The summed E-state index contributed by atoms with van der Waals surface area (Å²) < 4.78 is 0. The first-order valence-corrected chi connectivity index (χ1v) is 5.01. The molecular weight excluding hydrogens is 218 g/mol. The largest absolute Gasteiger partial charge is 0.504 e. The van der Waals surface area contributed by atoms with Crippen LogP contribution in [0, 0.1) is 0 Å². The Morgan fingerprint density at radius 2 is 1.47 bits per heavy atom. The maximum atomic E-state index is 9.29. The molecule has 4 nitrogen and oxygen atoms in total. The van der Waals surface area contributed by atoms with E-state index in [0.717, 1.165) is 5.56 Å². The number of aliphatic imine (C=N–C) groups is 1. The van der Waals surface area contributed by atoms with E-state index in [1.54, 1.807) is 6.21 Å². The van der Waals surface area contributed by atoms with Crippen molar-refractivity contribution in [3.63, 3.8) is 0 Å². The average molecular weight is 229 g/mol. The van der Waals surface area contributed by atoms with Gasteiger partial charge < -0.3 is 15.3 Å². The minimum absolute atomic E-state index is 0.363. The number of aromatic hydroxyl groups is 3. The number of phenolic OH excluding ortho intramolecular Hbond substituents is 3. The van der Waals surface area contributed by atoms with Crippen molar-refractivity contribution >= 4 is 11.9 Å². The summed E-state index contributed by atoms with van der Waals surface area (Å²) in [5.74, 6) is -1.33. The smallest absolute Gasteiger partial charge is 0.200 e. The van der Waals surface area contributed by atoms with Gasteiger partial charge in [0.15, 0.2) is 17.2 Å². The molecular formula is C13H11NO3. The third-order valence-corrected chi connectivity index (χ3v) is 2.22. The molecule has 3 N–H and O–H groups in total. The van der Waals surface area contributed by atoms with Gasteiger partial charge in [0, 0.05) is 18.3 Å². The van der Waals surface area contributed by atoms with Gasteiger partial charge in [0.05, 0.1) is 5.69 Å². The summed E-state index contributed by atoms with van der Waals surface area (Å²) in [6.07, 6.45) is 1.60. The van der Waals surface area contributed by atoms with E-state index in [2.05, 4.69) is 4.99 Å². The lowest BCUT2D eigenvalue weighted by molar-refractivity contribution is 0.368. The molecule has 0 saturated carbocycles. The van der Waals surface area contributed by atoms with E-state index in [-0.39, 0.29) is 0 Å². The standard InChI is InChI=1S/C13H11NO3/c15-11-6-10(7-12(16)13(11)17)14-8-9-4-2-1-3-5-9/h1-8,15-17H. The van der Waals surface area contributed by atoms with E-state index >= 15 is 0 Å². The molecule has 4 heteroatoms. The van der Waals surface area contributed by atoms with E-state index in [1.807, 2.05) is 30.3 Å². The van der Waals surface area contributed by atoms with Gasteiger partial charge in [-0.1, -0.05) is 30.3 Å². The summed E-state index contributed by atoms with van der Waals surface area (Å²) >= 11 is 0. The number of benzene rings is 2. The van der Waals surface area contributed by atoms with Crippen LogP contribution in [0.4, 0.5) is 5.69 Å². The summed E-state index contributed by atoms with van der Waals surface area (Å²) in [6.45, 7) is 0. The van der Waals surface area contributed by atoms with Crippen molar-refractivity contribution in [3.05, 3.63) is 48.0 Å². The van der Waals surface area contributed by atoms with Crippen molar-refractivity contribution in [2.24, 2.45) is 4.99 Å². The van der Waals surface area contributed by atoms with E-state index < -0.39 is 17.2 Å². The minimum Gasteiger partial charge on any atom is -0.504 e. The highest BCUT2D eigenvalue weighted by Gasteiger charge is 2.06. The lowest BCUT2D eigenvalue weighted by Crippen LogP contribution is -1.78. The first kappa shape index (κ1) is 11.0. The second kappa shape index (κ2) is 4.57. The summed E-state index contributed by atoms with van der Waals surface area (Å²) in [5.41, 5.74) is 1.27. The average Bonchev–Trinajstić information content (AvgIpc) is 2.34. The molecule has 0 heterocycles. The fourth-order valence-electron chi connectivity index (χ4n) is 1.35. The zero-order valence-electron chi connectivity index (χ0n) is 8.91. The summed E-state index contributed by atoms with van der Waals surface area (Å²) in [6, 6.07) is 12.0. The maximum Gasteiger partial charge on any atom is 0.200 e. The molecule has 17 heavy (non-hydrogen) atoms. The van der Waals surface area contributed by atoms with E-state index in [9.17, 15) is 10.2 Å². The molecule has 0 unspecified atom stereocenters. The molecule has 2 rings (SSSR count). The topological polar surface area (TPSA) is 73.1 Å². The monoisotopic (exact) mass is 229 g/mol. The van der Waals surface area contributed by atoms with Crippen molar-refractivity contribution in [3.8, 4) is 17.2 Å². The molecule has 0 spiro atoms. The Kier molecular flexibility index (Phi) is 2.96. The Balaban J connectivity index is 2.28. The van der Waals surface area contributed by atoms with Crippen LogP contribution in [0.5, 0.6) is 17.2 Å². The molecule has 0 bridgehead atoms. The van der Waals surface area contributed by atoms with Gasteiger partial charge in [0.1, 0.15) is 0 Å². The zero-order valence-corrected chi connectivity index (χ0v) is 8.91. The second-order valence-electron chi connectivity index (χ2n) is 3.50. The molecule has 0 aromatic heterocycles. The molecule has 0 aliphatic carbocycles. The van der Waals surface area contributed by atoms with Crippen LogP contribution in [0.15, 0.2) is 47.5 Å². The van der Waals surface area contributed by atoms with Crippen LogP contribution >= 0.6 is 0 Å². The summed E-state index contributed by atoms with van der Waals surface area (Å²) in [7, 11) is 0. The van der Waals surface area contributed by atoms with E-state index in [1.165, 1.54) is 12.1 Å². The molecule has 0 amide bonds. The third-order valence-electron chi connectivity index (χ3n) is 2.22. The predicted molar refractivity (Wildman–Crippen MR) is 65.1 cm³/mol. The van der Waals surface area contributed by atoms with Gasteiger partial charge in [-0.05, 0) is 5.56 Å². The first-order chi connectivity index (χ1) is 8.16. The van der Waals surface area contributed by atoms with Gasteiger partial charge in [0.25, 0.3) is 0 Å². The second-order valence-corrected chi connectivity index (χ2v) is 3.50. The lowest BCUT2D eigenvalue weighted by atomic mass is 10.2. The SMILES string of the molecule is Oc1cc(N=Cc2ccccc2)cc(O)c1O. The predicted octanol–water partition coefficient (Wildman–Crippen LogP) is 2.55. The zero-order chi connectivity index (χ0) is 12.3. The summed E-state index contributed by atoms with van der Waals surface area (Å²) in [5, 5.41) is 27.8. The number of rotatable bonds is 2. The molecule has 0 aliphatic heterocycles. The number of nitrogens with zero attached hydrogens (tertiary/aromatic N) is 1. The molecule has 0 saturated heterocycles. The van der Waals surface area contributed by atoms with Gasteiger partial charge in [-0.25, -0.2) is 0 Å². The van der Waals surface area contributed by atoms with Crippen molar-refractivity contribution in [2.75, 3.05) is 0 Å². The van der Waals surface area contributed by atoms with Crippen molar-refractivity contribution in [1.82, 2.24) is 0 Å². The van der Waals surface area contributed by atoms with Gasteiger partial charge in [-0.3, -0.25) is 4.99 Å². The van der Waals surface area contributed by atoms with E-state index in [0.29, 0.717) is 5.69 Å². The van der Waals surface area contributed by atoms with Crippen LogP contribution in [0.1, 0.15) is 5.56 Å². The first-order valence-electron chi connectivity index (χ1n) is 5.01. The Bertz CT molecular complexity index is 527. The van der Waals surface area contributed by atoms with Gasteiger partial charge in [-0.15, -0.1) is 0 Å². The van der Waals surface area contributed by atoms with Crippen LogP contribution in [0.3, 0.4) is 0 Å². The highest BCUT2D eigenvalue weighted by Crippen LogP contribution is 2.38. The Morgan fingerprint density at radius 3 is 2.06 bits per heavy atom. The number of hydrogen-bond donors (Lipinski definition) is 3. The highest BCUT2D eigenvalue weighted by atomic mass is 16.3. The van der Waals surface area contributed by atoms with Crippen molar-refractivity contribution < 1.29 is 15.3 Å². The highest BCUT2D eigenvalue weighted by molar-refractivity contribution is 5.82. The normalized spacial score (nSPS) is 10.8. The Hall–Kier alpha value is -2.49. The maximum absolute atomic E-state index is 9.29. The molecule has 0 radical (unpaired) electrons. The molecule has 2 aromatic carbocycles. The molecule has 0 fully saturated rings. The van der Waals surface area contributed by atoms with Crippen LogP contribution in [-0.2, 0) is 0 Å². The van der Waals surface area contributed by atoms with Crippen LogP contribution in [0.25, 0.3) is 0 Å². The van der Waals surface area contributed by atoms with E-state index in [4.69, 9.17) is 5.11 Å². The third kappa shape index (κ3) is 2.55. The lowest BCUT2D eigenvalue weighted by Gasteiger charge is -2.01. The quantitative estimate of drug-likeness (QED) is 0.547. The Morgan fingerprint density at radius 1 is 0.882 bits per heavy atom. The van der Waals surface area contributed by atoms with Crippen LogP contribution in [-0.4, -0.2) is 21.5 Å². The van der Waals surface area contributed by atoms with Gasteiger partial charge in [0.2, 0.25) is 0 Å². The Labute approximate surface area is 98.1 Å². The van der Waals surface area contributed by atoms with Crippen molar-refractivity contribution in [1.29, 1.82) is 0 Å². The van der Waals surface area contributed by atoms with Crippen molar-refractivity contribution in [2.45, 2.75) is 0 Å². The fraction of sp³-hybridized carbons (Fsp3) is 0.